The van der Waals surface area contributed by atoms with Crippen molar-refractivity contribution < 1.29 is 14.3 Å². The first-order valence-electron chi connectivity index (χ1n) is 12.6. The van der Waals surface area contributed by atoms with Gasteiger partial charge in [0.25, 0.3) is 5.56 Å². The molecule has 3 aromatic carbocycles. The molecule has 0 radical (unpaired) electrons. The molecule has 1 atom stereocenters. The lowest BCUT2D eigenvalue weighted by Crippen LogP contribution is -2.46. The maximum absolute atomic E-state index is 13.6. The topological polar surface area (TPSA) is 102 Å². The summed E-state index contributed by atoms with van der Waals surface area (Å²) in [6, 6.07) is 23.4. The predicted molar refractivity (Wildman–Crippen MR) is 152 cm³/mol. The van der Waals surface area contributed by atoms with Crippen molar-refractivity contribution in [2.24, 2.45) is 0 Å². The Morgan fingerprint density at radius 2 is 1.72 bits per heavy atom. The Hall–Kier alpha value is -4.37. The number of amides is 2. The molecule has 0 saturated heterocycles. The van der Waals surface area contributed by atoms with E-state index in [1.165, 1.54) is 11.8 Å². The second-order valence-electron chi connectivity index (χ2n) is 9.13. The number of carbonyl (C=O) groups excluding carboxylic acids is 2. The fourth-order valence-electron chi connectivity index (χ4n) is 4.49. The van der Waals surface area contributed by atoms with Gasteiger partial charge in [-0.1, -0.05) is 84.1 Å². The number of carbonyl (C=O) groups is 2. The number of fused-ring (bicyclic) bond motifs is 1. The summed E-state index contributed by atoms with van der Waals surface area (Å²) < 4.78 is 7.01. The molecule has 2 N–H and O–H groups in total. The van der Waals surface area contributed by atoms with Gasteiger partial charge in [0.2, 0.25) is 0 Å². The molecule has 0 aliphatic carbocycles. The van der Waals surface area contributed by atoms with Gasteiger partial charge < -0.3 is 15.4 Å². The SMILES string of the molecule is CCOC(=O)C1=C(CSc2nc3ccccc3c(=O)n2Cc2ccc(C)cc2)NC(=O)N[C@H]1c1ccccc1. The second kappa shape index (κ2) is 11.6. The lowest BCUT2D eigenvalue weighted by molar-refractivity contribution is -0.139. The quantitative estimate of drug-likeness (QED) is 0.191. The van der Waals surface area contributed by atoms with Crippen LogP contribution in [0.15, 0.2) is 100 Å². The van der Waals surface area contributed by atoms with Gasteiger partial charge in [0.1, 0.15) is 0 Å². The first-order valence-corrected chi connectivity index (χ1v) is 13.6. The van der Waals surface area contributed by atoms with Crippen molar-refractivity contribution >= 4 is 34.7 Å². The van der Waals surface area contributed by atoms with E-state index in [0.29, 0.717) is 33.9 Å². The molecule has 0 unspecified atom stereocenters. The smallest absolute Gasteiger partial charge is 0.338 e. The number of hydrogen-bond acceptors (Lipinski definition) is 6. The zero-order valence-corrected chi connectivity index (χ0v) is 22.5. The van der Waals surface area contributed by atoms with Crippen LogP contribution in [0.5, 0.6) is 0 Å². The summed E-state index contributed by atoms with van der Waals surface area (Å²) in [6.07, 6.45) is 0. The van der Waals surface area contributed by atoms with Crippen LogP contribution in [0.4, 0.5) is 4.79 Å². The molecule has 2 heterocycles. The average Bonchev–Trinajstić information content (AvgIpc) is 2.95. The third-order valence-electron chi connectivity index (χ3n) is 6.42. The third kappa shape index (κ3) is 5.73. The molecule has 0 saturated carbocycles. The zero-order valence-electron chi connectivity index (χ0n) is 21.6. The summed E-state index contributed by atoms with van der Waals surface area (Å²) >= 11 is 1.29. The fourth-order valence-corrected chi connectivity index (χ4v) is 5.45. The van der Waals surface area contributed by atoms with Gasteiger partial charge in [0, 0.05) is 11.4 Å². The molecule has 2 amide bonds. The fraction of sp³-hybridized carbons (Fsp3) is 0.200. The van der Waals surface area contributed by atoms with E-state index in [4.69, 9.17) is 9.72 Å². The van der Waals surface area contributed by atoms with E-state index in [9.17, 15) is 14.4 Å². The van der Waals surface area contributed by atoms with Crippen LogP contribution in [-0.2, 0) is 16.1 Å². The van der Waals surface area contributed by atoms with E-state index < -0.39 is 18.0 Å². The highest BCUT2D eigenvalue weighted by Crippen LogP contribution is 2.30. The Balaban J connectivity index is 1.56. The van der Waals surface area contributed by atoms with Crippen molar-refractivity contribution in [3.63, 3.8) is 0 Å². The number of urea groups is 1. The van der Waals surface area contributed by atoms with Gasteiger partial charge in [-0.3, -0.25) is 9.36 Å². The number of esters is 1. The van der Waals surface area contributed by atoms with Crippen molar-refractivity contribution in [1.29, 1.82) is 0 Å². The Kier molecular flexibility index (Phi) is 7.79. The summed E-state index contributed by atoms with van der Waals surface area (Å²) in [5.74, 6) is -0.318. The first kappa shape index (κ1) is 26.2. The Morgan fingerprint density at radius 1 is 1.00 bits per heavy atom. The molecule has 5 rings (SSSR count). The van der Waals surface area contributed by atoms with Crippen molar-refractivity contribution in [3.8, 4) is 0 Å². The molecule has 9 heteroatoms. The van der Waals surface area contributed by atoms with Gasteiger partial charge in [0.15, 0.2) is 5.16 Å². The van der Waals surface area contributed by atoms with Gasteiger partial charge in [0.05, 0.1) is 35.7 Å². The van der Waals surface area contributed by atoms with Crippen LogP contribution in [-0.4, -0.2) is 33.9 Å². The van der Waals surface area contributed by atoms with Crippen molar-refractivity contribution in [2.45, 2.75) is 31.6 Å². The van der Waals surface area contributed by atoms with Gasteiger partial charge >= 0.3 is 12.0 Å². The Labute approximate surface area is 230 Å². The van der Waals surface area contributed by atoms with Crippen LogP contribution in [0, 0.1) is 6.92 Å². The normalized spacial score (nSPS) is 15.1. The van der Waals surface area contributed by atoms with E-state index in [-0.39, 0.29) is 17.9 Å². The average molecular weight is 541 g/mol. The minimum Gasteiger partial charge on any atom is -0.463 e. The number of thioether (sulfide) groups is 1. The number of para-hydroxylation sites is 1. The number of aryl methyl sites for hydroxylation is 1. The number of ether oxygens (including phenoxy) is 1. The molecule has 198 valence electrons. The van der Waals surface area contributed by atoms with E-state index >= 15 is 0 Å². The molecular formula is C30H28N4O4S. The van der Waals surface area contributed by atoms with E-state index in [1.807, 2.05) is 73.7 Å². The maximum Gasteiger partial charge on any atom is 0.338 e. The van der Waals surface area contributed by atoms with Crippen LogP contribution >= 0.6 is 11.8 Å². The summed E-state index contributed by atoms with van der Waals surface area (Å²) in [7, 11) is 0. The van der Waals surface area contributed by atoms with Crippen LogP contribution < -0.4 is 16.2 Å². The second-order valence-corrected chi connectivity index (χ2v) is 10.1. The highest BCUT2D eigenvalue weighted by atomic mass is 32.2. The largest absolute Gasteiger partial charge is 0.463 e. The van der Waals surface area contributed by atoms with Crippen LogP contribution in [0.1, 0.15) is 29.7 Å². The highest BCUT2D eigenvalue weighted by molar-refractivity contribution is 7.99. The van der Waals surface area contributed by atoms with Gasteiger partial charge in [-0.15, -0.1) is 0 Å². The molecule has 1 aliphatic rings. The Bertz CT molecular complexity index is 1610. The van der Waals surface area contributed by atoms with Gasteiger partial charge in [-0.25, -0.2) is 14.6 Å². The molecule has 39 heavy (non-hydrogen) atoms. The standard InChI is InChI=1S/C30H28N4O4S/c1-3-38-28(36)25-24(31-29(37)33-26(25)21-9-5-4-6-10-21)18-39-30-32-23-12-8-7-11-22(23)27(35)34(30)17-20-15-13-19(2)14-16-20/h4-16,26H,3,17-18H2,1-2H3,(H2,31,33,37)/t26-/m0/s1. The number of aromatic nitrogens is 2. The molecule has 0 bridgehead atoms. The third-order valence-corrected chi connectivity index (χ3v) is 7.42. The predicted octanol–water partition coefficient (Wildman–Crippen LogP) is 4.72. The Morgan fingerprint density at radius 3 is 2.46 bits per heavy atom. The minimum absolute atomic E-state index is 0.153. The molecule has 1 aromatic heterocycles. The lowest BCUT2D eigenvalue weighted by atomic mass is 9.95. The van der Waals surface area contributed by atoms with Crippen molar-refractivity contribution in [1.82, 2.24) is 20.2 Å². The zero-order chi connectivity index (χ0) is 27.4. The highest BCUT2D eigenvalue weighted by Gasteiger charge is 2.33. The number of nitrogens with one attached hydrogen (secondary N) is 2. The molecule has 1 aliphatic heterocycles. The summed E-state index contributed by atoms with van der Waals surface area (Å²) in [5.41, 5.74) is 4.03. The van der Waals surface area contributed by atoms with Gasteiger partial charge in [-0.2, -0.15) is 0 Å². The minimum atomic E-state index is -0.672. The summed E-state index contributed by atoms with van der Waals surface area (Å²) in [6.45, 7) is 4.28. The van der Waals surface area contributed by atoms with E-state index in [1.54, 1.807) is 23.6 Å². The number of rotatable bonds is 8. The van der Waals surface area contributed by atoms with Crippen LogP contribution in [0.3, 0.4) is 0 Å². The number of benzene rings is 3. The molecule has 4 aromatic rings. The molecule has 0 fully saturated rings. The number of nitrogens with zero attached hydrogens (tertiary/aromatic N) is 2. The van der Waals surface area contributed by atoms with Crippen LogP contribution in [0.2, 0.25) is 0 Å². The maximum atomic E-state index is 13.6. The van der Waals surface area contributed by atoms with Crippen LogP contribution in [0.25, 0.3) is 10.9 Å². The number of hydrogen-bond donors (Lipinski definition) is 2. The summed E-state index contributed by atoms with van der Waals surface area (Å²) in [5, 5.41) is 6.65. The first-order chi connectivity index (χ1) is 18.9. The summed E-state index contributed by atoms with van der Waals surface area (Å²) in [4.78, 5) is 44.2. The molecular weight excluding hydrogens is 512 g/mol. The van der Waals surface area contributed by atoms with E-state index in [2.05, 4.69) is 10.6 Å². The van der Waals surface area contributed by atoms with Crippen molar-refractivity contribution in [2.75, 3.05) is 12.4 Å². The molecule has 0 spiro atoms. The lowest BCUT2D eigenvalue weighted by Gasteiger charge is -2.29. The van der Waals surface area contributed by atoms with E-state index in [0.717, 1.165) is 16.7 Å². The van der Waals surface area contributed by atoms with Gasteiger partial charge in [-0.05, 0) is 37.1 Å². The monoisotopic (exact) mass is 540 g/mol. The molecule has 8 nitrogen and oxygen atoms in total. The van der Waals surface area contributed by atoms with Crippen molar-refractivity contribution in [3.05, 3.63) is 117 Å².